The van der Waals surface area contributed by atoms with Crippen LogP contribution in [0.1, 0.15) is 11.1 Å². The Labute approximate surface area is 193 Å². The van der Waals surface area contributed by atoms with E-state index in [-0.39, 0.29) is 47.6 Å². The zero-order valence-corrected chi connectivity index (χ0v) is 19.6. The molecule has 1 fully saturated rings. The summed E-state index contributed by atoms with van der Waals surface area (Å²) in [4.78, 5) is 26.2. The van der Waals surface area contributed by atoms with Gasteiger partial charge in [0.2, 0.25) is 21.8 Å². The number of ether oxygens (including phenoxy) is 1. The van der Waals surface area contributed by atoms with Gasteiger partial charge < -0.3 is 15.0 Å². The van der Waals surface area contributed by atoms with Crippen LogP contribution in [0.25, 0.3) is 0 Å². The van der Waals surface area contributed by atoms with Crippen LogP contribution in [0.5, 0.6) is 0 Å². The number of benzene rings is 2. The molecule has 0 spiro atoms. The molecule has 0 radical (unpaired) electrons. The monoisotopic (exact) mass is 479 g/mol. The van der Waals surface area contributed by atoms with Gasteiger partial charge in [-0.2, -0.15) is 4.31 Å². The number of morpholine rings is 1. The molecule has 2 aromatic carbocycles. The molecule has 172 valence electrons. The highest BCUT2D eigenvalue weighted by Gasteiger charge is 2.28. The van der Waals surface area contributed by atoms with Crippen LogP contribution < -0.4 is 5.32 Å². The molecule has 0 bridgehead atoms. The van der Waals surface area contributed by atoms with E-state index >= 15 is 0 Å². The zero-order chi connectivity index (χ0) is 23.3. The first kappa shape index (κ1) is 24.2. The third-order valence-electron chi connectivity index (χ3n) is 5.21. The van der Waals surface area contributed by atoms with Crippen molar-refractivity contribution in [3.8, 4) is 0 Å². The second-order valence-corrected chi connectivity index (χ2v) is 9.88. The maximum atomic E-state index is 12.9. The molecule has 1 heterocycles. The minimum absolute atomic E-state index is 0.0695. The van der Waals surface area contributed by atoms with Crippen molar-refractivity contribution in [3.63, 3.8) is 0 Å². The quantitative estimate of drug-likeness (QED) is 0.657. The Kier molecular flexibility index (Phi) is 7.89. The first-order valence-corrected chi connectivity index (χ1v) is 12.0. The van der Waals surface area contributed by atoms with Gasteiger partial charge in [-0.15, -0.1) is 0 Å². The van der Waals surface area contributed by atoms with Gasteiger partial charge in [0.05, 0.1) is 31.2 Å². The van der Waals surface area contributed by atoms with Crippen LogP contribution >= 0.6 is 11.6 Å². The fourth-order valence-electron chi connectivity index (χ4n) is 3.32. The summed E-state index contributed by atoms with van der Waals surface area (Å²) in [6, 6.07) is 11.9. The molecule has 32 heavy (non-hydrogen) atoms. The second kappa shape index (κ2) is 10.4. The van der Waals surface area contributed by atoms with Gasteiger partial charge in [-0.1, -0.05) is 35.9 Å². The number of rotatable bonds is 7. The van der Waals surface area contributed by atoms with Gasteiger partial charge in [0.1, 0.15) is 4.90 Å². The smallest absolute Gasteiger partial charge is 0.244 e. The number of nitrogens with zero attached hydrogens (tertiary/aromatic N) is 2. The molecule has 0 aromatic heterocycles. The van der Waals surface area contributed by atoms with Gasteiger partial charge in [0.15, 0.2) is 0 Å². The van der Waals surface area contributed by atoms with E-state index in [1.807, 2.05) is 31.2 Å². The molecular weight excluding hydrogens is 454 g/mol. The Morgan fingerprint density at radius 2 is 1.84 bits per heavy atom. The van der Waals surface area contributed by atoms with Gasteiger partial charge in [0, 0.05) is 25.8 Å². The Hall–Kier alpha value is -2.46. The summed E-state index contributed by atoms with van der Waals surface area (Å²) in [5.74, 6) is -0.635. The lowest BCUT2D eigenvalue weighted by Gasteiger charge is -2.26. The van der Waals surface area contributed by atoms with Crippen LogP contribution in [-0.2, 0) is 30.8 Å². The maximum absolute atomic E-state index is 12.9. The number of nitrogens with one attached hydrogen (secondary N) is 1. The van der Waals surface area contributed by atoms with E-state index in [9.17, 15) is 18.0 Å². The molecule has 0 unspecified atom stereocenters. The molecule has 0 saturated carbocycles. The summed E-state index contributed by atoms with van der Waals surface area (Å²) < 4.78 is 32.4. The van der Waals surface area contributed by atoms with Crippen molar-refractivity contribution >= 4 is 39.1 Å². The van der Waals surface area contributed by atoms with Crippen LogP contribution in [0, 0.1) is 6.92 Å². The first-order valence-electron chi connectivity index (χ1n) is 10.1. The molecule has 1 saturated heterocycles. The standard InChI is InChI=1S/C22H26ClN3O5S/c1-16-5-3-4-6-17(16)13-22(28)25(2)15-21(27)24-18-7-8-19(23)20(14-18)32(29,30)26-9-11-31-12-10-26/h3-8,14H,9-13,15H2,1-2H3,(H,24,27). The van der Waals surface area contributed by atoms with Crippen LogP contribution in [0.2, 0.25) is 5.02 Å². The number of aryl methyl sites for hydroxylation is 1. The topological polar surface area (TPSA) is 96.0 Å². The summed E-state index contributed by atoms with van der Waals surface area (Å²) in [6.07, 6.45) is 0.194. The van der Waals surface area contributed by atoms with Crippen molar-refractivity contribution in [1.82, 2.24) is 9.21 Å². The van der Waals surface area contributed by atoms with E-state index in [2.05, 4.69) is 5.32 Å². The van der Waals surface area contributed by atoms with Gasteiger partial charge in [0.25, 0.3) is 0 Å². The average molecular weight is 480 g/mol. The third kappa shape index (κ3) is 5.86. The van der Waals surface area contributed by atoms with Gasteiger partial charge >= 0.3 is 0 Å². The van der Waals surface area contributed by atoms with Crippen molar-refractivity contribution in [2.45, 2.75) is 18.2 Å². The van der Waals surface area contributed by atoms with Gasteiger partial charge in [-0.25, -0.2) is 8.42 Å². The highest BCUT2D eigenvalue weighted by atomic mass is 35.5. The fraction of sp³-hybridized carbons (Fsp3) is 0.364. The molecule has 10 heteroatoms. The van der Waals surface area contributed by atoms with E-state index in [0.717, 1.165) is 11.1 Å². The average Bonchev–Trinajstić information content (AvgIpc) is 2.77. The molecule has 1 N–H and O–H groups in total. The second-order valence-electron chi connectivity index (χ2n) is 7.56. The summed E-state index contributed by atoms with van der Waals surface area (Å²) in [5, 5.41) is 2.72. The van der Waals surface area contributed by atoms with E-state index in [1.54, 1.807) is 7.05 Å². The lowest BCUT2D eigenvalue weighted by atomic mass is 10.1. The number of likely N-dealkylation sites (N-methyl/N-ethyl adjacent to an activating group) is 1. The number of carbonyl (C=O) groups is 2. The first-order chi connectivity index (χ1) is 15.2. The van der Waals surface area contributed by atoms with Crippen LogP contribution in [0.3, 0.4) is 0 Å². The largest absolute Gasteiger partial charge is 0.379 e. The lowest BCUT2D eigenvalue weighted by molar-refractivity contribution is -0.132. The third-order valence-corrected chi connectivity index (χ3v) is 7.59. The minimum atomic E-state index is -3.82. The molecule has 2 amide bonds. The van der Waals surface area contributed by atoms with E-state index in [1.165, 1.54) is 27.4 Å². The maximum Gasteiger partial charge on any atom is 0.244 e. The highest BCUT2D eigenvalue weighted by Crippen LogP contribution is 2.28. The predicted molar refractivity (Wildman–Crippen MR) is 122 cm³/mol. The molecule has 0 aliphatic carbocycles. The van der Waals surface area contributed by atoms with Crippen LogP contribution in [-0.4, -0.2) is 69.3 Å². The molecule has 1 aliphatic heterocycles. The van der Waals surface area contributed by atoms with Crippen LogP contribution in [0.4, 0.5) is 5.69 Å². The molecular formula is C22H26ClN3O5S. The fourth-order valence-corrected chi connectivity index (χ4v) is 5.22. The summed E-state index contributed by atoms with van der Waals surface area (Å²) in [5.41, 5.74) is 2.19. The van der Waals surface area contributed by atoms with Crippen molar-refractivity contribution in [2.75, 3.05) is 45.2 Å². The SMILES string of the molecule is Cc1ccccc1CC(=O)N(C)CC(=O)Nc1ccc(Cl)c(S(=O)(=O)N2CCOCC2)c1. The Morgan fingerprint density at radius 3 is 2.53 bits per heavy atom. The van der Waals surface area contributed by atoms with Crippen molar-refractivity contribution < 1.29 is 22.7 Å². The summed E-state index contributed by atoms with van der Waals surface area (Å²) >= 11 is 6.15. The molecule has 1 aliphatic rings. The molecule has 2 aromatic rings. The van der Waals surface area contributed by atoms with Crippen molar-refractivity contribution in [2.24, 2.45) is 0 Å². The van der Waals surface area contributed by atoms with E-state index < -0.39 is 15.9 Å². The lowest BCUT2D eigenvalue weighted by Crippen LogP contribution is -2.40. The van der Waals surface area contributed by atoms with E-state index in [4.69, 9.17) is 16.3 Å². The van der Waals surface area contributed by atoms with E-state index in [0.29, 0.717) is 13.2 Å². The number of halogens is 1. The number of amides is 2. The molecule has 0 atom stereocenters. The highest BCUT2D eigenvalue weighted by molar-refractivity contribution is 7.89. The molecule has 3 rings (SSSR count). The minimum Gasteiger partial charge on any atom is -0.379 e. The Balaban J connectivity index is 1.65. The number of hydrogen-bond acceptors (Lipinski definition) is 5. The van der Waals surface area contributed by atoms with Crippen molar-refractivity contribution in [1.29, 1.82) is 0 Å². The van der Waals surface area contributed by atoms with Gasteiger partial charge in [-0.05, 0) is 36.2 Å². The number of anilines is 1. The number of hydrogen-bond donors (Lipinski definition) is 1. The normalized spacial score (nSPS) is 14.7. The number of carbonyl (C=O) groups excluding carboxylic acids is 2. The van der Waals surface area contributed by atoms with Crippen LogP contribution in [0.15, 0.2) is 47.4 Å². The van der Waals surface area contributed by atoms with Gasteiger partial charge in [-0.3, -0.25) is 9.59 Å². The molecule has 8 nitrogen and oxygen atoms in total. The zero-order valence-electron chi connectivity index (χ0n) is 18.0. The summed E-state index contributed by atoms with van der Waals surface area (Å²) in [6.45, 7) is 2.87. The van der Waals surface area contributed by atoms with Crippen molar-refractivity contribution in [3.05, 3.63) is 58.6 Å². The Bertz CT molecular complexity index is 1100. The predicted octanol–water partition coefficient (Wildman–Crippen LogP) is 2.31. The summed E-state index contributed by atoms with van der Waals surface area (Å²) in [7, 11) is -2.27. The Morgan fingerprint density at radius 1 is 1.16 bits per heavy atom. The number of sulfonamides is 1.